The fourth-order valence-electron chi connectivity index (χ4n) is 2.52. The third kappa shape index (κ3) is 5.24. The Kier molecular flexibility index (Phi) is 7.02. The van der Waals surface area contributed by atoms with Crippen LogP contribution in [0.2, 0.25) is 0 Å². The van der Waals surface area contributed by atoms with Crippen molar-refractivity contribution in [1.82, 2.24) is 5.32 Å². The van der Waals surface area contributed by atoms with Crippen molar-refractivity contribution in [1.29, 1.82) is 0 Å². The maximum atomic E-state index is 12.7. The molecule has 138 valence electrons. The quantitative estimate of drug-likeness (QED) is 0.711. The molecule has 2 aromatic carbocycles. The highest BCUT2D eigenvalue weighted by Crippen LogP contribution is 2.24. The van der Waals surface area contributed by atoms with Crippen LogP contribution in [0, 0.1) is 6.92 Å². The largest absolute Gasteiger partial charge is 0.497 e. The second kappa shape index (κ2) is 9.46. The maximum Gasteiger partial charge on any atom is 0.325 e. The Hall–Kier alpha value is -3.02. The summed E-state index contributed by atoms with van der Waals surface area (Å²) >= 11 is 0. The summed E-state index contributed by atoms with van der Waals surface area (Å²) in [4.78, 5) is 24.3. The van der Waals surface area contributed by atoms with Crippen LogP contribution >= 0.6 is 0 Å². The fraction of sp³-hybridized carbons (Fsp3) is 0.300. The van der Waals surface area contributed by atoms with Gasteiger partial charge in [0.1, 0.15) is 18.3 Å². The van der Waals surface area contributed by atoms with Crippen molar-refractivity contribution in [3.63, 3.8) is 0 Å². The van der Waals surface area contributed by atoms with Gasteiger partial charge in [0.2, 0.25) is 5.91 Å². The van der Waals surface area contributed by atoms with Crippen molar-refractivity contribution in [2.75, 3.05) is 25.6 Å². The summed E-state index contributed by atoms with van der Waals surface area (Å²) in [5.41, 5.74) is 2.58. The summed E-state index contributed by atoms with van der Waals surface area (Å²) in [7, 11) is 1.60. The van der Waals surface area contributed by atoms with E-state index in [4.69, 9.17) is 9.47 Å². The number of methoxy groups -OCH3 is 1. The molecule has 0 bridgehead atoms. The molecule has 1 unspecified atom stereocenters. The summed E-state index contributed by atoms with van der Waals surface area (Å²) in [6.07, 6.45) is 0. The normalized spacial score (nSPS) is 11.3. The molecule has 0 saturated heterocycles. The smallest absolute Gasteiger partial charge is 0.325 e. The number of carbonyl (C=O) groups excluding carboxylic acids is 2. The maximum absolute atomic E-state index is 12.7. The van der Waals surface area contributed by atoms with Gasteiger partial charge in [0, 0.05) is 5.69 Å². The standard InChI is InChI=1S/C20H24N2O4/c1-4-26-18(23)13-21-20(24)19(17-8-6-5-7-14(17)2)22-15-9-11-16(25-3)12-10-15/h5-12,19,22H,4,13H2,1-3H3,(H,21,24). The van der Waals surface area contributed by atoms with E-state index in [1.807, 2.05) is 55.5 Å². The molecule has 0 aromatic heterocycles. The first-order chi connectivity index (χ1) is 12.5. The van der Waals surface area contributed by atoms with Gasteiger partial charge in [-0.2, -0.15) is 0 Å². The molecule has 0 aliphatic rings. The zero-order valence-electron chi connectivity index (χ0n) is 15.2. The van der Waals surface area contributed by atoms with E-state index < -0.39 is 12.0 Å². The van der Waals surface area contributed by atoms with Gasteiger partial charge in [-0.1, -0.05) is 24.3 Å². The molecule has 2 N–H and O–H groups in total. The molecule has 26 heavy (non-hydrogen) atoms. The predicted molar refractivity (Wildman–Crippen MR) is 100 cm³/mol. The third-order valence-electron chi connectivity index (χ3n) is 3.87. The van der Waals surface area contributed by atoms with Crippen molar-refractivity contribution in [3.8, 4) is 5.75 Å². The topological polar surface area (TPSA) is 76.7 Å². The Morgan fingerprint density at radius 2 is 1.77 bits per heavy atom. The van der Waals surface area contributed by atoms with E-state index in [1.54, 1.807) is 14.0 Å². The Labute approximate surface area is 153 Å². The van der Waals surface area contributed by atoms with E-state index in [9.17, 15) is 9.59 Å². The number of ether oxygens (including phenoxy) is 2. The lowest BCUT2D eigenvalue weighted by Gasteiger charge is -2.21. The molecule has 6 nitrogen and oxygen atoms in total. The van der Waals surface area contributed by atoms with Gasteiger partial charge in [-0.3, -0.25) is 9.59 Å². The van der Waals surface area contributed by atoms with Crippen LogP contribution in [0.25, 0.3) is 0 Å². The van der Waals surface area contributed by atoms with Crippen LogP contribution in [0.4, 0.5) is 5.69 Å². The average Bonchev–Trinajstić information content (AvgIpc) is 2.65. The van der Waals surface area contributed by atoms with Crippen molar-refractivity contribution in [2.24, 2.45) is 0 Å². The van der Waals surface area contributed by atoms with E-state index in [-0.39, 0.29) is 19.1 Å². The number of hydrogen-bond donors (Lipinski definition) is 2. The molecule has 2 aromatic rings. The molecule has 0 fully saturated rings. The van der Waals surface area contributed by atoms with Crippen LogP contribution in [-0.2, 0) is 14.3 Å². The molecule has 6 heteroatoms. The Morgan fingerprint density at radius 1 is 1.08 bits per heavy atom. The second-order valence-electron chi connectivity index (χ2n) is 5.69. The second-order valence-corrected chi connectivity index (χ2v) is 5.69. The van der Waals surface area contributed by atoms with Crippen LogP contribution < -0.4 is 15.4 Å². The van der Waals surface area contributed by atoms with E-state index >= 15 is 0 Å². The van der Waals surface area contributed by atoms with Gasteiger partial charge < -0.3 is 20.1 Å². The van der Waals surface area contributed by atoms with Crippen LogP contribution in [0.3, 0.4) is 0 Å². The average molecular weight is 356 g/mol. The van der Waals surface area contributed by atoms with Crippen molar-refractivity contribution in [2.45, 2.75) is 19.9 Å². The summed E-state index contributed by atoms with van der Waals surface area (Å²) in [5, 5.41) is 5.86. The molecule has 0 aliphatic heterocycles. The molecular weight excluding hydrogens is 332 g/mol. The first-order valence-electron chi connectivity index (χ1n) is 8.44. The molecule has 0 heterocycles. The number of hydrogen-bond acceptors (Lipinski definition) is 5. The SMILES string of the molecule is CCOC(=O)CNC(=O)C(Nc1ccc(OC)cc1)c1ccccc1C. The lowest BCUT2D eigenvalue weighted by atomic mass is 10.00. The number of carbonyl (C=O) groups is 2. The van der Waals surface area contributed by atoms with E-state index in [0.717, 1.165) is 22.6 Å². The number of nitrogens with one attached hydrogen (secondary N) is 2. The van der Waals surface area contributed by atoms with Gasteiger partial charge in [0.15, 0.2) is 0 Å². The minimum absolute atomic E-state index is 0.167. The van der Waals surface area contributed by atoms with E-state index in [1.165, 1.54) is 0 Å². The molecular formula is C20H24N2O4. The summed E-state index contributed by atoms with van der Waals surface area (Å²) in [6, 6.07) is 14.3. The van der Waals surface area contributed by atoms with Crippen molar-refractivity contribution >= 4 is 17.6 Å². The van der Waals surface area contributed by atoms with E-state index in [0.29, 0.717) is 0 Å². The highest BCUT2D eigenvalue weighted by molar-refractivity contribution is 5.89. The van der Waals surface area contributed by atoms with Gasteiger partial charge in [-0.15, -0.1) is 0 Å². The van der Waals surface area contributed by atoms with Crippen molar-refractivity contribution < 1.29 is 19.1 Å². The van der Waals surface area contributed by atoms with Gasteiger partial charge in [-0.05, 0) is 49.2 Å². The van der Waals surface area contributed by atoms with Gasteiger partial charge in [-0.25, -0.2) is 0 Å². The number of esters is 1. The zero-order valence-corrected chi connectivity index (χ0v) is 15.2. The van der Waals surface area contributed by atoms with E-state index in [2.05, 4.69) is 10.6 Å². The van der Waals surface area contributed by atoms with Gasteiger partial charge >= 0.3 is 5.97 Å². The molecule has 2 rings (SSSR count). The van der Waals surface area contributed by atoms with Gasteiger partial charge in [0.05, 0.1) is 13.7 Å². The fourth-order valence-corrected chi connectivity index (χ4v) is 2.52. The minimum atomic E-state index is -0.640. The Morgan fingerprint density at radius 3 is 2.38 bits per heavy atom. The number of rotatable bonds is 8. The molecule has 0 aliphatic carbocycles. The molecule has 0 saturated carbocycles. The first kappa shape index (κ1) is 19.3. The molecule has 0 radical (unpaired) electrons. The highest BCUT2D eigenvalue weighted by Gasteiger charge is 2.22. The van der Waals surface area contributed by atoms with Crippen LogP contribution in [0.15, 0.2) is 48.5 Å². The van der Waals surface area contributed by atoms with Gasteiger partial charge in [0.25, 0.3) is 0 Å². The highest BCUT2D eigenvalue weighted by atomic mass is 16.5. The number of anilines is 1. The Balaban J connectivity index is 2.19. The zero-order chi connectivity index (χ0) is 18.9. The summed E-state index contributed by atoms with van der Waals surface area (Å²) in [5.74, 6) is -0.0354. The predicted octanol–water partition coefficient (Wildman–Crippen LogP) is 2.84. The number of amides is 1. The van der Waals surface area contributed by atoms with Crippen LogP contribution in [-0.4, -0.2) is 32.1 Å². The number of aryl methyl sites for hydroxylation is 1. The first-order valence-corrected chi connectivity index (χ1v) is 8.44. The Bertz CT molecular complexity index is 744. The third-order valence-corrected chi connectivity index (χ3v) is 3.87. The minimum Gasteiger partial charge on any atom is -0.497 e. The van der Waals surface area contributed by atoms with Crippen LogP contribution in [0.1, 0.15) is 24.1 Å². The molecule has 1 atom stereocenters. The molecule has 0 spiro atoms. The lowest BCUT2D eigenvalue weighted by Crippen LogP contribution is -2.37. The summed E-state index contributed by atoms with van der Waals surface area (Å²) < 4.78 is 10.0. The monoisotopic (exact) mass is 356 g/mol. The number of benzene rings is 2. The summed E-state index contributed by atoms with van der Waals surface area (Å²) in [6.45, 7) is 3.77. The van der Waals surface area contributed by atoms with Crippen LogP contribution in [0.5, 0.6) is 5.75 Å². The van der Waals surface area contributed by atoms with Crippen molar-refractivity contribution in [3.05, 3.63) is 59.7 Å². The molecule has 1 amide bonds. The lowest BCUT2D eigenvalue weighted by molar-refractivity contribution is -0.143.